The summed E-state index contributed by atoms with van der Waals surface area (Å²) >= 11 is 0. The summed E-state index contributed by atoms with van der Waals surface area (Å²) in [5.74, 6) is 0.624. The molecule has 0 aliphatic carbocycles. The van der Waals surface area contributed by atoms with Crippen molar-refractivity contribution in [3.05, 3.63) is 71.3 Å². The van der Waals surface area contributed by atoms with Gasteiger partial charge in [-0.05, 0) is 68.5 Å². The number of nitrogens with zero attached hydrogens (tertiary/aromatic N) is 2. The van der Waals surface area contributed by atoms with Gasteiger partial charge in [0.25, 0.3) is 5.91 Å². The predicted octanol–water partition coefficient (Wildman–Crippen LogP) is 5.29. The fraction of sp³-hybridized carbons (Fsp3) is 0.462. The lowest BCUT2D eigenvalue weighted by Gasteiger charge is -2.32. The molecule has 4 nitrogen and oxygen atoms in total. The summed E-state index contributed by atoms with van der Waals surface area (Å²) < 4.78 is 0. The molecule has 0 atom stereocenters. The lowest BCUT2D eigenvalue weighted by Crippen LogP contribution is -2.33. The van der Waals surface area contributed by atoms with Crippen molar-refractivity contribution in [2.24, 2.45) is 16.4 Å². The highest BCUT2D eigenvalue weighted by Crippen LogP contribution is 2.23. The molecule has 3 rings (SSSR count). The highest BCUT2D eigenvalue weighted by molar-refractivity contribution is 5.95. The van der Waals surface area contributed by atoms with Gasteiger partial charge in [-0.1, -0.05) is 63.2 Å². The number of amides is 1. The standard InChI is InChI=1S/C26H35N3O/c1-20(26(2,3)4)27-28-25(30)24-12-10-23(11-13-24)19-29-16-14-22(15-17-29)18-21-8-6-5-7-9-21/h5-13,22H,14-19H2,1-4H3,(H,28,30). The number of hydrazone groups is 1. The molecule has 0 aromatic heterocycles. The Morgan fingerprint density at radius 1 is 1.00 bits per heavy atom. The molecule has 1 aliphatic rings. The van der Waals surface area contributed by atoms with Crippen LogP contribution < -0.4 is 5.43 Å². The third-order valence-electron chi connectivity index (χ3n) is 6.11. The molecule has 2 aromatic rings. The normalized spacial score (nSPS) is 16.5. The van der Waals surface area contributed by atoms with Crippen LogP contribution in [-0.4, -0.2) is 29.6 Å². The van der Waals surface area contributed by atoms with Crippen molar-refractivity contribution in [2.45, 2.75) is 53.5 Å². The molecule has 4 heteroatoms. The fourth-order valence-electron chi connectivity index (χ4n) is 3.68. The number of carbonyl (C=O) groups is 1. The quantitative estimate of drug-likeness (QED) is 0.524. The third-order valence-corrected chi connectivity index (χ3v) is 6.11. The maximum Gasteiger partial charge on any atom is 0.271 e. The van der Waals surface area contributed by atoms with Crippen LogP contribution in [0.1, 0.15) is 62.0 Å². The van der Waals surface area contributed by atoms with E-state index in [-0.39, 0.29) is 11.3 Å². The van der Waals surface area contributed by atoms with Crippen LogP contribution in [0.4, 0.5) is 0 Å². The molecule has 0 saturated carbocycles. The minimum Gasteiger partial charge on any atom is -0.299 e. The summed E-state index contributed by atoms with van der Waals surface area (Å²) in [6.07, 6.45) is 3.69. The number of piperidine rings is 1. The number of carbonyl (C=O) groups excluding carboxylic acids is 1. The Kier molecular flexibility index (Phi) is 7.43. The second kappa shape index (κ2) is 10.0. The summed E-state index contributed by atoms with van der Waals surface area (Å²) in [4.78, 5) is 14.9. The van der Waals surface area contributed by atoms with E-state index in [2.05, 4.69) is 78.7 Å². The Balaban J connectivity index is 1.46. The van der Waals surface area contributed by atoms with Crippen LogP contribution in [0, 0.1) is 11.3 Å². The average Bonchev–Trinajstić information content (AvgIpc) is 2.74. The molecule has 1 aliphatic heterocycles. The predicted molar refractivity (Wildman–Crippen MR) is 125 cm³/mol. The summed E-state index contributed by atoms with van der Waals surface area (Å²) in [6, 6.07) is 18.7. The van der Waals surface area contributed by atoms with Gasteiger partial charge < -0.3 is 0 Å². The summed E-state index contributed by atoms with van der Waals surface area (Å²) in [6.45, 7) is 11.4. The number of nitrogens with one attached hydrogen (secondary N) is 1. The molecular formula is C26H35N3O. The Bertz CT molecular complexity index is 842. The maximum atomic E-state index is 12.3. The maximum absolute atomic E-state index is 12.3. The first-order valence-corrected chi connectivity index (χ1v) is 11.0. The first kappa shape index (κ1) is 22.2. The van der Waals surface area contributed by atoms with Gasteiger partial charge >= 0.3 is 0 Å². The number of likely N-dealkylation sites (tertiary alicyclic amines) is 1. The van der Waals surface area contributed by atoms with Crippen molar-refractivity contribution >= 4 is 11.6 Å². The van der Waals surface area contributed by atoms with Gasteiger partial charge in [-0.3, -0.25) is 9.69 Å². The van der Waals surface area contributed by atoms with Crippen molar-refractivity contribution in [3.8, 4) is 0 Å². The topological polar surface area (TPSA) is 44.7 Å². The number of rotatable bonds is 6. The minimum atomic E-state index is -0.160. The van der Waals surface area contributed by atoms with E-state index >= 15 is 0 Å². The first-order valence-electron chi connectivity index (χ1n) is 11.0. The largest absolute Gasteiger partial charge is 0.299 e. The van der Waals surface area contributed by atoms with Crippen molar-refractivity contribution in [1.29, 1.82) is 0 Å². The number of hydrogen-bond acceptors (Lipinski definition) is 3. The zero-order valence-electron chi connectivity index (χ0n) is 18.8. The average molecular weight is 406 g/mol. The smallest absolute Gasteiger partial charge is 0.271 e. The van der Waals surface area contributed by atoms with Gasteiger partial charge in [-0.2, -0.15) is 5.10 Å². The molecule has 1 N–H and O–H groups in total. The molecule has 1 amide bonds. The van der Waals surface area contributed by atoms with E-state index in [1.807, 2.05) is 19.1 Å². The number of benzene rings is 2. The lowest BCUT2D eigenvalue weighted by molar-refractivity contribution is 0.0954. The molecule has 0 radical (unpaired) electrons. The Morgan fingerprint density at radius 2 is 1.63 bits per heavy atom. The summed E-state index contributed by atoms with van der Waals surface area (Å²) in [7, 11) is 0. The lowest BCUT2D eigenvalue weighted by atomic mass is 9.90. The van der Waals surface area contributed by atoms with Crippen molar-refractivity contribution in [3.63, 3.8) is 0 Å². The van der Waals surface area contributed by atoms with Gasteiger partial charge in [-0.15, -0.1) is 0 Å². The second-order valence-electron chi connectivity index (χ2n) is 9.49. The van der Waals surface area contributed by atoms with E-state index in [1.165, 1.54) is 30.4 Å². The van der Waals surface area contributed by atoms with E-state index in [0.29, 0.717) is 5.56 Å². The highest BCUT2D eigenvalue weighted by atomic mass is 16.2. The van der Waals surface area contributed by atoms with E-state index in [1.54, 1.807) is 0 Å². The van der Waals surface area contributed by atoms with Gasteiger partial charge in [0.15, 0.2) is 0 Å². The molecule has 2 aromatic carbocycles. The zero-order chi connectivity index (χ0) is 21.6. The Hall–Kier alpha value is -2.46. The van der Waals surface area contributed by atoms with E-state index in [0.717, 1.165) is 31.3 Å². The van der Waals surface area contributed by atoms with Crippen LogP contribution >= 0.6 is 0 Å². The van der Waals surface area contributed by atoms with Gasteiger partial charge in [0, 0.05) is 23.2 Å². The van der Waals surface area contributed by atoms with Crippen LogP contribution in [0.15, 0.2) is 59.7 Å². The Labute approximate surface area is 181 Å². The molecular weight excluding hydrogens is 370 g/mol. The molecule has 1 fully saturated rings. The Morgan fingerprint density at radius 3 is 2.23 bits per heavy atom. The van der Waals surface area contributed by atoms with Crippen LogP contribution in [-0.2, 0) is 13.0 Å². The van der Waals surface area contributed by atoms with E-state index in [9.17, 15) is 4.79 Å². The van der Waals surface area contributed by atoms with Crippen molar-refractivity contribution < 1.29 is 4.79 Å². The van der Waals surface area contributed by atoms with Gasteiger partial charge in [0.1, 0.15) is 0 Å². The molecule has 1 heterocycles. The van der Waals surface area contributed by atoms with Crippen LogP contribution in [0.5, 0.6) is 0 Å². The molecule has 0 spiro atoms. The molecule has 0 unspecified atom stereocenters. The highest BCUT2D eigenvalue weighted by Gasteiger charge is 2.20. The van der Waals surface area contributed by atoms with Gasteiger partial charge in [0.05, 0.1) is 0 Å². The summed E-state index contributed by atoms with van der Waals surface area (Å²) in [5, 5.41) is 4.23. The fourth-order valence-corrected chi connectivity index (χ4v) is 3.68. The molecule has 30 heavy (non-hydrogen) atoms. The monoisotopic (exact) mass is 405 g/mol. The second-order valence-corrected chi connectivity index (χ2v) is 9.49. The first-order chi connectivity index (χ1) is 14.3. The van der Waals surface area contributed by atoms with Crippen LogP contribution in [0.25, 0.3) is 0 Å². The third kappa shape index (κ3) is 6.53. The minimum absolute atomic E-state index is 0.0499. The SMILES string of the molecule is CC(=NNC(=O)c1ccc(CN2CCC(Cc3ccccc3)CC2)cc1)C(C)(C)C. The van der Waals surface area contributed by atoms with Gasteiger partial charge in [0.2, 0.25) is 0 Å². The molecule has 0 bridgehead atoms. The molecule has 1 saturated heterocycles. The zero-order valence-corrected chi connectivity index (χ0v) is 18.8. The molecule has 160 valence electrons. The van der Waals surface area contributed by atoms with E-state index in [4.69, 9.17) is 0 Å². The van der Waals surface area contributed by atoms with E-state index < -0.39 is 0 Å². The summed E-state index contributed by atoms with van der Waals surface area (Å²) in [5.41, 5.74) is 6.87. The number of hydrogen-bond donors (Lipinski definition) is 1. The van der Waals surface area contributed by atoms with Crippen molar-refractivity contribution in [2.75, 3.05) is 13.1 Å². The van der Waals surface area contributed by atoms with Crippen LogP contribution in [0.3, 0.4) is 0 Å². The van der Waals surface area contributed by atoms with Crippen molar-refractivity contribution in [1.82, 2.24) is 10.3 Å². The van der Waals surface area contributed by atoms with Crippen LogP contribution in [0.2, 0.25) is 0 Å². The van der Waals surface area contributed by atoms with Gasteiger partial charge in [-0.25, -0.2) is 5.43 Å².